The highest BCUT2D eigenvalue weighted by molar-refractivity contribution is 5.23. The quantitative estimate of drug-likeness (QED) is 0.877. The Labute approximate surface area is 107 Å². The Morgan fingerprint density at radius 1 is 0.833 bits per heavy atom. The van der Waals surface area contributed by atoms with Crippen molar-refractivity contribution >= 4 is 0 Å². The van der Waals surface area contributed by atoms with Crippen molar-refractivity contribution in [3.8, 4) is 0 Å². The van der Waals surface area contributed by atoms with E-state index < -0.39 is 0 Å². The highest BCUT2D eigenvalue weighted by atomic mass is 16.3. The van der Waals surface area contributed by atoms with Crippen LogP contribution in [0.25, 0.3) is 0 Å². The van der Waals surface area contributed by atoms with Gasteiger partial charge in [-0.05, 0) is 37.1 Å². The summed E-state index contributed by atoms with van der Waals surface area (Å²) in [5, 5.41) is 9.94. The number of hydrogen-bond donors (Lipinski definition) is 1. The van der Waals surface area contributed by atoms with Crippen molar-refractivity contribution in [2.75, 3.05) is 0 Å². The van der Waals surface area contributed by atoms with Gasteiger partial charge in [0.15, 0.2) is 0 Å². The average Bonchev–Trinajstić information content (AvgIpc) is 2.83. The van der Waals surface area contributed by atoms with Crippen molar-refractivity contribution in [1.82, 2.24) is 9.97 Å². The molecule has 3 nitrogen and oxygen atoms in total. The molecule has 0 spiro atoms. The Balaban J connectivity index is 1.93. The molecule has 0 saturated heterocycles. The number of aliphatic hydroxyl groups excluding tert-OH is 1. The third-order valence-electron chi connectivity index (χ3n) is 3.67. The lowest BCUT2D eigenvalue weighted by atomic mass is 9.89. The number of pyridine rings is 2. The molecule has 92 valence electrons. The van der Waals surface area contributed by atoms with Crippen LogP contribution in [-0.2, 0) is 0 Å². The maximum Gasteiger partial charge on any atom is 0.0553 e. The molecule has 3 rings (SSSR count). The third kappa shape index (κ3) is 2.14. The molecule has 0 aromatic carbocycles. The van der Waals surface area contributed by atoms with Crippen molar-refractivity contribution in [2.24, 2.45) is 0 Å². The molecule has 0 aliphatic heterocycles. The number of aromatic nitrogens is 2. The number of nitrogens with zero attached hydrogens (tertiary/aromatic N) is 2. The van der Waals surface area contributed by atoms with Crippen LogP contribution in [0.15, 0.2) is 48.8 Å². The summed E-state index contributed by atoms with van der Waals surface area (Å²) in [6.07, 6.45) is 4.94. The molecular weight excluding hydrogens is 224 g/mol. The first-order valence-corrected chi connectivity index (χ1v) is 6.34. The van der Waals surface area contributed by atoms with Gasteiger partial charge in [-0.1, -0.05) is 12.1 Å². The first kappa shape index (κ1) is 11.4. The van der Waals surface area contributed by atoms with Crippen LogP contribution >= 0.6 is 0 Å². The minimum Gasteiger partial charge on any atom is -0.393 e. The molecule has 0 unspecified atom stereocenters. The zero-order valence-corrected chi connectivity index (χ0v) is 10.1. The van der Waals surface area contributed by atoms with Crippen molar-refractivity contribution in [3.05, 3.63) is 60.2 Å². The fourth-order valence-electron chi connectivity index (χ4n) is 2.86. The van der Waals surface area contributed by atoms with Crippen molar-refractivity contribution in [1.29, 1.82) is 0 Å². The lowest BCUT2D eigenvalue weighted by Gasteiger charge is -2.17. The molecule has 1 aliphatic carbocycles. The van der Waals surface area contributed by atoms with E-state index in [0.717, 1.165) is 24.2 Å². The summed E-state index contributed by atoms with van der Waals surface area (Å²) in [4.78, 5) is 8.86. The number of aliphatic hydroxyl groups is 1. The zero-order valence-electron chi connectivity index (χ0n) is 10.1. The van der Waals surface area contributed by atoms with Crippen molar-refractivity contribution in [3.63, 3.8) is 0 Å². The Bertz CT molecular complexity index is 453. The summed E-state index contributed by atoms with van der Waals surface area (Å²) in [5.41, 5.74) is 2.12. The molecule has 18 heavy (non-hydrogen) atoms. The Hall–Kier alpha value is -1.74. The van der Waals surface area contributed by atoms with Gasteiger partial charge in [-0.25, -0.2) is 0 Å². The van der Waals surface area contributed by atoms with Gasteiger partial charge in [0.05, 0.1) is 6.10 Å². The van der Waals surface area contributed by atoms with Gasteiger partial charge in [0, 0.05) is 35.6 Å². The molecule has 1 aliphatic rings. The monoisotopic (exact) mass is 240 g/mol. The second-order valence-electron chi connectivity index (χ2n) is 4.85. The summed E-state index contributed by atoms with van der Waals surface area (Å²) < 4.78 is 0. The molecule has 0 radical (unpaired) electrons. The fourth-order valence-corrected chi connectivity index (χ4v) is 2.86. The third-order valence-corrected chi connectivity index (χ3v) is 3.67. The van der Waals surface area contributed by atoms with E-state index in [4.69, 9.17) is 0 Å². The van der Waals surface area contributed by atoms with E-state index in [1.54, 1.807) is 0 Å². The predicted molar refractivity (Wildman–Crippen MR) is 69.2 cm³/mol. The van der Waals surface area contributed by atoms with E-state index in [1.165, 1.54) is 0 Å². The predicted octanol–water partition coefficient (Wildman–Crippen LogP) is 2.50. The molecule has 3 heteroatoms. The average molecular weight is 240 g/mol. The van der Waals surface area contributed by atoms with Crippen molar-refractivity contribution < 1.29 is 5.11 Å². The maximum absolute atomic E-state index is 9.94. The molecular formula is C15H16N2O. The summed E-state index contributed by atoms with van der Waals surface area (Å²) >= 11 is 0. The van der Waals surface area contributed by atoms with Crippen LogP contribution in [0, 0.1) is 0 Å². The largest absolute Gasteiger partial charge is 0.393 e. The van der Waals surface area contributed by atoms with Gasteiger partial charge < -0.3 is 5.11 Å². The molecule has 2 aromatic rings. The fraction of sp³-hybridized carbons (Fsp3) is 0.333. The first-order chi connectivity index (χ1) is 8.84. The van der Waals surface area contributed by atoms with Crippen LogP contribution in [-0.4, -0.2) is 21.2 Å². The summed E-state index contributed by atoms with van der Waals surface area (Å²) in [6.45, 7) is 0. The Morgan fingerprint density at radius 2 is 1.33 bits per heavy atom. The second kappa shape index (κ2) is 4.86. The van der Waals surface area contributed by atoms with Gasteiger partial charge in [0.2, 0.25) is 0 Å². The van der Waals surface area contributed by atoms with Gasteiger partial charge >= 0.3 is 0 Å². The SMILES string of the molecule is OC1C[C@@H](c2ccccn2)[C@H](c2ccccn2)C1. The van der Waals surface area contributed by atoms with Gasteiger partial charge in [0.1, 0.15) is 0 Å². The number of hydrogen-bond acceptors (Lipinski definition) is 3. The van der Waals surface area contributed by atoms with E-state index in [-0.39, 0.29) is 17.9 Å². The summed E-state index contributed by atoms with van der Waals surface area (Å²) in [6, 6.07) is 11.9. The highest BCUT2D eigenvalue weighted by Crippen LogP contribution is 2.44. The Kier molecular flexibility index (Phi) is 3.07. The molecule has 2 atom stereocenters. The molecule has 1 N–H and O–H groups in total. The van der Waals surface area contributed by atoms with Gasteiger partial charge in [-0.2, -0.15) is 0 Å². The second-order valence-corrected chi connectivity index (χ2v) is 4.85. The van der Waals surface area contributed by atoms with E-state index >= 15 is 0 Å². The topological polar surface area (TPSA) is 46.0 Å². The standard InChI is InChI=1S/C15H16N2O/c18-11-9-12(14-5-1-3-7-16-14)13(10-11)15-6-2-4-8-17-15/h1-8,11-13,18H,9-10H2/t12-,13-/m1/s1. The van der Waals surface area contributed by atoms with Crippen molar-refractivity contribution in [2.45, 2.75) is 30.8 Å². The van der Waals surface area contributed by atoms with Crippen LogP contribution < -0.4 is 0 Å². The summed E-state index contributed by atoms with van der Waals surface area (Å²) in [5.74, 6) is 0.548. The highest BCUT2D eigenvalue weighted by Gasteiger charge is 2.36. The van der Waals surface area contributed by atoms with Gasteiger partial charge in [-0.3, -0.25) is 9.97 Å². The molecule has 0 bridgehead atoms. The van der Waals surface area contributed by atoms with Crippen LogP contribution in [0.2, 0.25) is 0 Å². The lowest BCUT2D eigenvalue weighted by molar-refractivity contribution is 0.179. The zero-order chi connectivity index (χ0) is 12.4. The molecule has 2 heterocycles. The molecule has 1 saturated carbocycles. The summed E-state index contributed by atoms with van der Waals surface area (Å²) in [7, 11) is 0. The molecule has 2 aromatic heterocycles. The minimum atomic E-state index is -0.246. The van der Waals surface area contributed by atoms with E-state index in [0.29, 0.717) is 0 Å². The molecule has 0 amide bonds. The maximum atomic E-state index is 9.94. The van der Waals surface area contributed by atoms with Gasteiger partial charge in [-0.15, -0.1) is 0 Å². The van der Waals surface area contributed by atoms with Crippen LogP contribution in [0.3, 0.4) is 0 Å². The first-order valence-electron chi connectivity index (χ1n) is 6.34. The minimum absolute atomic E-state index is 0.246. The number of rotatable bonds is 2. The van der Waals surface area contributed by atoms with Crippen LogP contribution in [0.4, 0.5) is 0 Å². The normalized spacial score (nSPS) is 24.3. The Morgan fingerprint density at radius 3 is 1.72 bits per heavy atom. The molecule has 1 fully saturated rings. The van der Waals surface area contributed by atoms with Gasteiger partial charge in [0.25, 0.3) is 0 Å². The van der Waals surface area contributed by atoms with E-state index in [9.17, 15) is 5.11 Å². The van der Waals surface area contributed by atoms with E-state index in [1.807, 2.05) is 48.8 Å². The van der Waals surface area contributed by atoms with E-state index in [2.05, 4.69) is 9.97 Å². The van der Waals surface area contributed by atoms with Crippen LogP contribution in [0.1, 0.15) is 36.1 Å². The lowest BCUT2D eigenvalue weighted by Crippen LogP contribution is -2.07. The smallest absolute Gasteiger partial charge is 0.0553 e. The van der Waals surface area contributed by atoms with Crippen LogP contribution in [0.5, 0.6) is 0 Å².